The smallest absolute Gasteiger partial charge is 0.176 e. The lowest BCUT2D eigenvalue weighted by molar-refractivity contribution is -0.00521. The van der Waals surface area contributed by atoms with Gasteiger partial charge in [-0.15, -0.1) is 0 Å². The molecule has 2 aromatic rings. The molecule has 0 spiro atoms. The van der Waals surface area contributed by atoms with Crippen molar-refractivity contribution in [2.75, 3.05) is 18.0 Å². The molecule has 6 heteroatoms. The first-order chi connectivity index (χ1) is 13.9. The molecule has 0 bridgehead atoms. The Morgan fingerprint density at radius 2 is 1.69 bits per heavy atom. The highest BCUT2D eigenvalue weighted by Crippen LogP contribution is 2.28. The summed E-state index contributed by atoms with van der Waals surface area (Å²) in [5.74, 6) is 1.68. The molecule has 2 heterocycles. The van der Waals surface area contributed by atoms with Crippen molar-refractivity contribution in [3.05, 3.63) is 30.1 Å². The lowest BCUT2D eigenvalue weighted by Gasteiger charge is -2.36. The number of morpholine rings is 1. The molecule has 160 valence electrons. The minimum absolute atomic E-state index is 0.163. The molecular weight excluding hydrogens is 364 g/mol. The zero-order chi connectivity index (χ0) is 21.0. The summed E-state index contributed by atoms with van der Waals surface area (Å²) in [4.78, 5) is 7.23. The lowest BCUT2D eigenvalue weighted by atomic mass is 10.1. The summed E-state index contributed by atoms with van der Waals surface area (Å²) in [6, 6.07) is 9.05. The van der Waals surface area contributed by atoms with Crippen LogP contribution in [0.5, 0.6) is 0 Å². The fraction of sp³-hybridized carbons (Fsp3) is 0.652. The normalized spacial score (nSPS) is 20.1. The van der Waals surface area contributed by atoms with Crippen molar-refractivity contribution in [1.82, 2.24) is 14.8 Å². The monoisotopic (exact) mass is 400 g/mol. The van der Waals surface area contributed by atoms with E-state index in [4.69, 9.17) is 19.6 Å². The topological polar surface area (TPSA) is 52.4 Å². The molecular formula is C23H36N4O2. The maximum absolute atomic E-state index is 5.87. The van der Waals surface area contributed by atoms with Gasteiger partial charge in [0.25, 0.3) is 0 Å². The highest BCUT2D eigenvalue weighted by molar-refractivity contribution is 5.61. The van der Waals surface area contributed by atoms with Crippen molar-refractivity contribution in [1.29, 1.82) is 0 Å². The number of benzene rings is 1. The van der Waals surface area contributed by atoms with Crippen LogP contribution in [0.4, 0.5) is 5.69 Å². The summed E-state index contributed by atoms with van der Waals surface area (Å²) >= 11 is 0. The Hall–Kier alpha value is -1.92. The van der Waals surface area contributed by atoms with Gasteiger partial charge in [0.2, 0.25) is 0 Å². The summed E-state index contributed by atoms with van der Waals surface area (Å²) in [6.45, 7) is 15.0. The van der Waals surface area contributed by atoms with E-state index in [2.05, 4.69) is 61.5 Å². The molecule has 1 aromatic carbocycles. The lowest BCUT2D eigenvalue weighted by Crippen LogP contribution is -2.45. The molecule has 3 rings (SSSR count). The van der Waals surface area contributed by atoms with Crippen molar-refractivity contribution < 1.29 is 9.47 Å². The SMILES string of the molecule is CCC(CC)n1nc(COC(C)C)nc1-c1ccc(N2CC(C)OC(C)C2)cc1. The van der Waals surface area contributed by atoms with Crippen LogP contribution in [0.3, 0.4) is 0 Å². The van der Waals surface area contributed by atoms with Gasteiger partial charge in [0.05, 0.1) is 24.4 Å². The second kappa shape index (κ2) is 9.72. The molecule has 2 unspecified atom stereocenters. The first-order valence-corrected chi connectivity index (χ1v) is 11.0. The Kier molecular flexibility index (Phi) is 7.30. The van der Waals surface area contributed by atoms with Crippen LogP contribution in [0.15, 0.2) is 24.3 Å². The number of hydrogen-bond acceptors (Lipinski definition) is 5. The van der Waals surface area contributed by atoms with Gasteiger partial charge in [0.1, 0.15) is 6.61 Å². The van der Waals surface area contributed by atoms with Crippen molar-refractivity contribution in [2.24, 2.45) is 0 Å². The number of nitrogens with zero attached hydrogens (tertiary/aromatic N) is 4. The Morgan fingerprint density at radius 3 is 2.24 bits per heavy atom. The predicted molar refractivity (Wildman–Crippen MR) is 117 cm³/mol. The van der Waals surface area contributed by atoms with Gasteiger partial charge in [-0.1, -0.05) is 13.8 Å². The molecule has 0 aliphatic carbocycles. The van der Waals surface area contributed by atoms with Crippen molar-refractivity contribution in [3.8, 4) is 11.4 Å². The van der Waals surface area contributed by atoms with Gasteiger partial charge < -0.3 is 14.4 Å². The fourth-order valence-corrected chi connectivity index (χ4v) is 3.97. The average molecular weight is 401 g/mol. The van der Waals surface area contributed by atoms with E-state index in [0.29, 0.717) is 12.6 Å². The largest absolute Gasteiger partial charge is 0.372 e. The van der Waals surface area contributed by atoms with E-state index in [9.17, 15) is 0 Å². The molecule has 6 nitrogen and oxygen atoms in total. The molecule has 2 atom stereocenters. The van der Waals surface area contributed by atoms with E-state index >= 15 is 0 Å². The second-order valence-corrected chi connectivity index (χ2v) is 8.34. The van der Waals surface area contributed by atoms with Gasteiger partial charge in [-0.05, 0) is 64.8 Å². The Balaban J connectivity index is 1.86. The maximum atomic E-state index is 5.87. The molecule has 1 aliphatic rings. The van der Waals surface area contributed by atoms with Crippen LogP contribution in [0.2, 0.25) is 0 Å². The fourth-order valence-electron chi connectivity index (χ4n) is 3.97. The van der Waals surface area contributed by atoms with Crippen LogP contribution in [-0.2, 0) is 16.1 Å². The number of hydrogen-bond donors (Lipinski definition) is 0. The van der Waals surface area contributed by atoms with Gasteiger partial charge in [0, 0.05) is 24.3 Å². The Labute approximate surface area is 175 Å². The standard InChI is InChI=1S/C23H36N4O2/c1-7-20(8-2)27-23(24-22(25-27)15-28-16(3)4)19-9-11-21(12-10-19)26-13-17(5)29-18(6)14-26/h9-12,16-18,20H,7-8,13-15H2,1-6H3. The van der Waals surface area contributed by atoms with Crippen LogP contribution in [0, 0.1) is 0 Å². The van der Waals surface area contributed by atoms with Gasteiger partial charge in [-0.2, -0.15) is 5.10 Å². The van der Waals surface area contributed by atoms with E-state index in [-0.39, 0.29) is 18.3 Å². The third kappa shape index (κ3) is 5.37. The molecule has 0 radical (unpaired) electrons. The minimum atomic E-state index is 0.163. The Bertz CT molecular complexity index is 758. The van der Waals surface area contributed by atoms with Crippen LogP contribution in [-0.4, -0.2) is 46.2 Å². The highest BCUT2D eigenvalue weighted by Gasteiger charge is 2.23. The maximum Gasteiger partial charge on any atom is 0.176 e. The molecule has 29 heavy (non-hydrogen) atoms. The number of anilines is 1. The van der Waals surface area contributed by atoms with Crippen LogP contribution < -0.4 is 4.90 Å². The minimum Gasteiger partial charge on any atom is -0.372 e. The van der Waals surface area contributed by atoms with Gasteiger partial charge in [0.15, 0.2) is 11.6 Å². The first kappa shape index (κ1) is 21.8. The van der Waals surface area contributed by atoms with Crippen molar-refractivity contribution >= 4 is 5.69 Å². The van der Waals surface area contributed by atoms with Crippen molar-refractivity contribution in [3.63, 3.8) is 0 Å². The molecule has 1 aromatic heterocycles. The summed E-state index contributed by atoms with van der Waals surface area (Å²) in [6.07, 6.45) is 2.72. The summed E-state index contributed by atoms with van der Waals surface area (Å²) in [7, 11) is 0. The summed E-state index contributed by atoms with van der Waals surface area (Å²) in [5, 5.41) is 4.79. The third-order valence-electron chi connectivity index (χ3n) is 5.42. The van der Waals surface area contributed by atoms with Gasteiger partial charge in [-0.25, -0.2) is 9.67 Å². The van der Waals surface area contributed by atoms with Crippen LogP contribution in [0.1, 0.15) is 66.3 Å². The van der Waals surface area contributed by atoms with Crippen molar-refractivity contribution in [2.45, 2.75) is 85.3 Å². The number of aromatic nitrogens is 3. The third-order valence-corrected chi connectivity index (χ3v) is 5.42. The molecule has 1 aliphatic heterocycles. The van der Waals surface area contributed by atoms with Gasteiger partial charge >= 0.3 is 0 Å². The summed E-state index contributed by atoms with van der Waals surface area (Å²) < 4.78 is 13.7. The second-order valence-electron chi connectivity index (χ2n) is 8.34. The van der Waals surface area contributed by atoms with E-state index in [1.807, 2.05) is 13.8 Å². The van der Waals surface area contributed by atoms with E-state index in [0.717, 1.165) is 43.1 Å². The first-order valence-electron chi connectivity index (χ1n) is 11.0. The zero-order valence-corrected chi connectivity index (χ0v) is 18.8. The predicted octanol–water partition coefficient (Wildman–Crippen LogP) is 4.84. The van der Waals surface area contributed by atoms with E-state index < -0.39 is 0 Å². The van der Waals surface area contributed by atoms with Crippen LogP contribution >= 0.6 is 0 Å². The molecule has 1 fully saturated rings. The van der Waals surface area contributed by atoms with Crippen LogP contribution in [0.25, 0.3) is 11.4 Å². The van der Waals surface area contributed by atoms with Gasteiger partial charge in [-0.3, -0.25) is 0 Å². The molecule has 1 saturated heterocycles. The van der Waals surface area contributed by atoms with E-state index in [1.54, 1.807) is 0 Å². The average Bonchev–Trinajstić information content (AvgIpc) is 3.11. The number of rotatable bonds is 8. The zero-order valence-electron chi connectivity index (χ0n) is 18.8. The molecule has 0 saturated carbocycles. The number of ether oxygens (including phenoxy) is 2. The molecule has 0 N–H and O–H groups in total. The summed E-state index contributed by atoms with van der Waals surface area (Å²) in [5.41, 5.74) is 2.33. The van der Waals surface area contributed by atoms with E-state index in [1.165, 1.54) is 5.69 Å². The molecule has 0 amide bonds. The quantitative estimate of drug-likeness (QED) is 0.634. The Morgan fingerprint density at radius 1 is 1.07 bits per heavy atom. The highest BCUT2D eigenvalue weighted by atomic mass is 16.5.